The molecule has 1 unspecified atom stereocenters. The molecule has 1 aromatic rings. The maximum absolute atomic E-state index is 12.7. The Morgan fingerprint density at radius 3 is 2.68 bits per heavy atom. The van der Waals surface area contributed by atoms with Gasteiger partial charge in [0.1, 0.15) is 11.5 Å². The first-order chi connectivity index (χ1) is 10.5. The van der Waals surface area contributed by atoms with E-state index in [9.17, 15) is 13.2 Å². The summed E-state index contributed by atoms with van der Waals surface area (Å²) in [7, 11) is 0. The second-order valence-corrected chi connectivity index (χ2v) is 5.87. The lowest BCUT2D eigenvalue weighted by atomic mass is 10.1. The number of nitrogens with one attached hydrogen (secondary N) is 1. The Kier molecular flexibility index (Phi) is 4.54. The zero-order valence-corrected chi connectivity index (χ0v) is 12.3. The summed E-state index contributed by atoms with van der Waals surface area (Å²) < 4.78 is 43.4. The van der Waals surface area contributed by atoms with Gasteiger partial charge in [-0.3, -0.25) is 4.90 Å². The number of hydrogen-bond donors (Lipinski definition) is 1. The number of anilines is 1. The third kappa shape index (κ3) is 3.70. The van der Waals surface area contributed by atoms with Gasteiger partial charge in [-0.1, -0.05) is 6.07 Å². The molecule has 22 heavy (non-hydrogen) atoms. The molecule has 2 aliphatic heterocycles. The molecule has 1 aromatic heterocycles. The van der Waals surface area contributed by atoms with E-state index in [1.165, 1.54) is 6.07 Å². The fourth-order valence-corrected chi connectivity index (χ4v) is 3.17. The molecular weight excluding hydrogens is 295 g/mol. The fraction of sp³-hybridized carbons (Fsp3) is 0.667. The molecular formula is C15H20F3N3O. The minimum absolute atomic E-state index is 0.152. The van der Waals surface area contributed by atoms with Gasteiger partial charge in [0.2, 0.25) is 0 Å². The van der Waals surface area contributed by atoms with E-state index in [0.29, 0.717) is 11.9 Å². The number of nitrogens with zero attached hydrogens (tertiary/aromatic N) is 2. The number of pyridine rings is 1. The molecule has 0 aliphatic carbocycles. The lowest BCUT2D eigenvalue weighted by Gasteiger charge is -2.31. The van der Waals surface area contributed by atoms with Gasteiger partial charge in [-0.25, -0.2) is 4.98 Å². The topological polar surface area (TPSA) is 37.4 Å². The predicted molar refractivity (Wildman–Crippen MR) is 76.7 cm³/mol. The van der Waals surface area contributed by atoms with Crippen LogP contribution in [0, 0.1) is 0 Å². The summed E-state index contributed by atoms with van der Waals surface area (Å²) in [6, 6.07) is 4.66. The molecule has 122 valence electrons. The van der Waals surface area contributed by atoms with Gasteiger partial charge in [0.25, 0.3) is 0 Å². The fourth-order valence-electron chi connectivity index (χ4n) is 3.17. The summed E-state index contributed by atoms with van der Waals surface area (Å²) in [5.74, 6) is 0.300. The number of halogens is 3. The average molecular weight is 315 g/mol. The van der Waals surface area contributed by atoms with E-state index in [-0.39, 0.29) is 6.04 Å². The van der Waals surface area contributed by atoms with Crippen molar-refractivity contribution in [3.05, 3.63) is 23.9 Å². The first-order valence-corrected chi connectivity index (χ1v) is 7.65. The summed E-state index contributed by atoms with van der Waals surface area (Å²) in [6.45, 7) is 3.42. The van der Waals surface area contributed by atoms with Crippen LogP contribution in [0.15, 0.2) is 18.2 Å². The summed E-state index contributed by atoms with van der Waals surface area (Å²) >= 11 is 0. The first-order valence-electron chi connectivity index (χ1n) is 7.65. The van der Waals surface area contributed by atoms with Gasteiger partial charge in [0, 0.05) is 38.4 Å². The molecule has 2 saturated heterocycles. The van der Waals surface area contributed by atoms with Crippen molar-refractivity contribution < 1.29 is 17.9 Å². The minimum atomic E-state index is -4.40. The highest BCUT2D eigenvalue weighted by molar-refractivity contribution is 5.37. The van der Waals surface area contributed by atoms with E-state index < -0.39 is 11.9 Å². The van der Waals surface area contributed by atoms with Crippen LogP contribution < -0.4 is 5.32 Å². The van der Waals surface area contributed by atoms with Gasteiger partial charge in [0.15, 0.2) is 0 Å². The molecule has 2 aliphatic rings. The van der Waals surface area contributed by atoms with Crippen molar-refractivity contribution in [2.45, 2.75) is 37.5 Å². The van der Waals surface area contributed by atoms with Crippen molar-refractivity contribution in [3.8, 4) is 0 Å². The average Bonchev–Trinajstić information content (AvgIpc) is 2.96. The predicted octanol–water partition coefficient (Wildman–Crippen LogP) is 2.77. The minimum Gasteiger partial charge on any atom is -0.381 e. The van der Waals surface area contributed by atoms with E-state index in [4.69, 9.17) is 4.74 Å². The molecule has 0 spiro atoms. The smallest absolute Gasteiger partial charge is 0.381 e. The quantitative estimate of drug-likeness (QED) is 0.931. The molecule has 1 N–H and O–H groups in total. The normalized spacial score (nSPS) is 24.6. The highest BCUT2D eigenvalue weighted by Crippen LogP contribution is 2.28. The van der Waals surface area contributed by atoms with Gasteiger partial charge in [0.05, 0.1) is 0 Å². The Hall–Kier alpha value is -1.34. The van der Waals surface area contributed by atoms with Crippen LogP contribution in [-0.4, -0.2) is 48.3 Å². The summed E-state index contributed by atoms with van der Waals surface area (Å²) in [4.78, 5) is 6.08. The lowest BCUT2D eigenvalue weighted by molar-refractivity contribution is -0.141. The zero-order valence-electron chi connectivity index (χ0n) is 12.3. The largest absolute Gasteiger partial charge is 0.433 e. The molecule has 0 amide bonds. The Balaban J connectivity index is 1.58. The van der Waals surface area contributed by atoms with Crippen molar-refractivity contribution in [1.82, 2.24) is 9.88 Å². The number of alkyl halides is 3. The van der Waals surface area contributed by atoms with Crippen LogP contribution in [0.5, 0.6) is 0 Å². The van der Waals surface area contributed by atoms with Gasteiger partial charge in [-0.2, -0.15) is 13.2 Å². The van der Waals surface area contributed by atoms with Crippen LogP contribution in [0.4, 0.5) is 19.0 Å². The molecule has 0 bridgehead atoms. The van der Waals surface area contributed by atoms with E-state index in [1.807, 2.05) is 0 Å². The summed E-state index contributed by atoms with van der Waals surface area (Å²) in [5.41, 5.74) is -0.850. The van der Waals surface area contributed by atoms with Crippen molar-refractivity contribution in [3.63, 3.8) is 0 Å². The van der Waals surface area contributed by atoms with Crippen LogP contribution in [0.25, 0.3) is 0 Å². The van der Waals surface area contributed by atoms with E-state index in [0.717, 1.165) is 51.6 Å². The van der Waals surface area contributed by atoms with Crippen molar-refractivity contribution in [2.75, 3.05) is 31.6 Å². The van der Waals surface area contributed by atoms with Crippen LogP contribution in [0.2, 0.25) is 0 Å². The number of likely N-dealkylation sites (tertiary alicyclic amines) is 1. The Bertz CT molecular complexity index is 503. The second-order valence-electron chi connectivity index (χ2n) is 5.87. The molecule has 0 saturated carbocycles. The van der Waals surface area contributed by atoms with Crippen LogP contribution >= 0.6 is 0 Å². The standard InChI is InChI=1S/C15H20F3N3O/c16-15(17,18)13-2-1-3-14(20-13)19-11-4-7-21(10-11)12-5-8-22-9-6-12/h1-3,11-12H,4-10H2,(H,19,20). The Morgan fingerprint density at radius 1 is 1.18 bits per heavy atom. The van der Waals surface area contributed by atoms with Crippen molar-refractivity contribution in [1.29, 1.82) is 0 Å². The SMILES string of the molecule is FC(F)(F)c1cccc(NC2CCN(C3CCOCC3)C2)n1. The maximum Gasteiger partial charge on any atom is 0.433 e. The molecule has 3 rings (SSSR count). The van der Waals surface area contributed by atoms with Gasteiger partial charge in [-0.15, -0.1) is 0 Å². The van der Waals surface area contributed by atoms with E-state index >= 15 is 0 Å². The molecule has 2 fully saturated rings. The Labute approximate surface area is 127 Å². The van der Waals surface area contributed by atoms with Gasteiger partial charge < -0.3 is 10.1 Å². The van der Waals surface area contributed by atoms with Crippen LogP contribution in [0.1, 0.15) is 25.0 Å². The first kappa shape index (κ1) is 15.6. The number of hydrogen-bond acceptors (Lipinski definition) is 4. The summed E-state index contributed by atoms with van der Waals surface area (Å²) in [6.07, 6.45) is -1.40. The van der Waals surface area contributed by atoms with Crippen LogP contribution in [0.3, 0.4) is 0 Å². The number of rotatable bonds is 3. The van der Waals surface area contributed by atoms with Crippen molar-refractivity contribution in [2.24, 2.45) is 0 Å². The Morgan fingerprint density at radius 2 is 1.95 bits per heavy atom. The number of ether oxygens (including phenoxy) is 1. The molecule has 0 aromatic carbocycles. The zero-order chi connectivity index (χ0) is 15.6. The van der Waals surface area contributed by atoms with Crippen molar-refractivity contribution >= 4 is 5.82 Å². The molecule has 4 nitrogen and oxygen atoms in total. The van der Waals surface area contributed by atoms with E-state index in [2.05, 4.69) is 15.2 Å². The lowest BCUT2D eigenvalue weighted by Crippen LogP contribution is -2.39. The molecule has 7 heteroatoms. The molecule has 3 heterocycles. The third-order valence-electron chi connectivity index (χ3n) is 4.32. The van der Waals surface area contributed by atoms with Crippen LogP contribution in [-0.2, 0) is 10.9 Å². The maximum atomic E-state index is 12.7. The summed E-state index contributed by atoms with van der Waals surface area (Å²) in [5, 5.41) is 3.14. The van der Waals surface area contributed by atoms with E-state index in [1.54, 1.807) is 6.07 Å². The van der Waals surface area contributed by atoms with Gasteiger partial charge >= 0.3 is 6.18 Å². The third-order valence-corrected chi connectivity index (χ3v) is 4.32. The number of aromatic nitrogens is 1. The monoisotopic (exact) mass is 315 g/mol. The second kappa shape index (κ2) is 6.42. The molecule has 1 atom stereocenters. The highest BCUT2D eigenvalue weighted by atomic mass is 19.4. The highest BCUT2D eigenvalue weighted by Gasteiger charge is 2.33. The molecule has 0 radical (unpaired) electrons. The van der Waals surface area contributed by atoms with Gasteiger partial charge in [-0.05, 0) is 31.4 Å².